The Bertz CT molecular complexity index is 1130. The van der Waals surface area contributed by atoms with E-state index < -0.39 is 15.6 Å². The van der Waals surface area contributed by atoms with Gasteiger partial charge in [-0.3, -0.25) is 9.52 Å². The molecule has 2 N–H and O–H groups in total. The third-order valence-electron chi connectivity index (χ3n) is 5.42. The van der Waals surface area contributed by atoms with E-state index in [1.807, 2.05) is 0 Å². The molecule has 0 unspecified atom stereocenters. The molecular weight excluding hydrogens is 436 g/mol. The molecule has 0 bridgehead atoms. The van der Waals surface area contributed by atoms with Crippen LogP contribution >= 0.6 is 11.3 Å². The van der Waals surface area contributed by atoms with Gasteiger partial charge in [0.25, 0.3) is 15.9 Å². The number of aromatic nitrogens is 2. The minimum atomic E-state index is -3.63. The molecule has 1 saturated carbocycles. The van der Waals surface area contributed by atoms with Crippen molar-refractivity contribution in [1.82, 2.24) is 15.5 Å². The van der Waals surface area contributed by atoms with Crippen LogP contribution in [0.1, 0.15) is 60.6 Å². The number of thiophene rings is 1. The van der Waals surface area contributed by atoms with Gasteiger partial charge < -0.3 is 9.84 Å². The summed E-state index contributed by atoms with van der Waals surface area (Å²) in [7, 11) is -3.63. The lowest BCUT2D eigenvalue weighted by atomic mass is 9.88. The Kier molecular flexibility index (Phi) is 6.10. The number of sulfonamides is 1. The van der Waals surface area contributed by atoms with Crippen molar-refractivity contribution in [3.8, 4) is 0 Å². The zero-order valence-electron chi connectivity index (χ0n) is 17.1. The zero-order valence-corrected chi connectivity index (χ0v) is 18.8. The highest BCUT2D eigenvalue weighted by molar-refractivity contribution is 7.94. The predicted molar refractivity (Wildman–Crippen MR) is 117 cm³/mol. The normalized spacial score (nSPS) is 16.4. The highest BCUT2D eigenvalue weighted by Gasteiger charge is 2.39. The van der Waals surface area contributed by atoms with Gasteiger partial charge in [0.05, 0.1) is 0 Å². The Labute approximate surface area is 185 Å². The minimum Gasteiger partial charge on any atom is -0.340 e. The largest absolute Gasteiger partial charge is 0.340 e. The number of hydrogen-bond acceptors (Lipinski definition) is 7. The van der Waals surface area contributed by atoms with Gasteiger partial charge in [0, 0.05) is 18.2 Å². The Hall–Kier alpha value is -2.72. The highest BCUT2D eigenvalue weighted by atomic mass is 32.2. The molecule has 1 aliphatic carbocycles. The van der Waals surface area contributed by atoms with Gasteiger partial charge >= 0.3 is 0 Å². The summed E-state index contributed by atoms with van der Waals surface area (Å²) < 4.78 is 32.7. The summed E-state index contributed by atoms with van der Waals surface area (Å²) in [5.41, 5.74) is 0.163. The molecule has 0 saturated heterocycles. The van der Waals surface area contributed by atoms with Crippen molar-refractivity contribution in [3.05, 3.63) is 59.1 Å². The van der Waals surface area contributed by atoms with E-state index in [1.165, 1.54) is 0 Å². The van der Waals surface area contributed by atoms with Crippen LogP contribution in [0.25, 0.3) is 0 Å². The van der Waals surface area contributed by atoms with Gasteiger partial charge in [0.15, 0.2) is 5.82 Å². The standard InChI is InChI=1S/C21H24N4O4S2/c1-15-22-20(24-29-15)21(12-4-2-3-5-13-21)23-19(26)16-8-10-17(11-9-16)25-31(27,28)18-7-6-14-30-18/h6-11,14,25H,2-5,12-13H2,1H3,(H,23,26). The first kappa shape index (κ1) is 21.5. The molecule has 4 rings (SSSR count). The Morgan fingerprint density at radius 1 is 1.10 bits per heavy atom. The van der Waals surface area contributed by atoms with Gasteiger partial charge in [-0.1, -0.05) is 36.9 Å². The molecule has 10 heteroatoms. The molecule has 0 radical (unpaired) electrons. The second-order valence-electron chi connectivity index (χ2n) is 7.70. The summed E-state index contributed by atoms with van der Waals surface area (Å²) in [6.45, 7) is 1.73. The maximum Gasteiger partial charge on any atom is 0.271 e. The summed E-state index contributed by atoms with van der Waals surface area (Å²) in [6, 6.07) is 9.60. The minimum absolute atomic E-state index is 0.236. The lowest BCUT2D eigenvalue weighted by molar-refractivity contribution is 0.0876. The van der Waals surface area contributed by atoms with E-state index in [1.54, 1.807) is 48.7 Å². The van der Waals surface area contributed by atoms with E-state index in [4.69, 9.17) is 4.52 Å². The molecule has 164 valence electrons. The van der Waals surface area contributed by atoms with Crippen molar-refractivity contribution < 1.29 is 17.7 Å². The number of anilines is 1. The average Bonchev–Trinajstić information content (AvgIpc) is 3.38. The molecule has 0 atom stereocenters. The van der Waals surface area contributed by atoms with Gasteiger partial charge in [-0.05, 0) is 48.6 Å². The highest BCUT2D eigenvalue weighted by Crippen LogP contribution is 2.35. The number of carbonyl (C=O) groups excluding carboxylic acids is 1. The van der Waals surface area contributed by atoms with E-state index in [0.29, 0.717) is 23.0 Å². The maximum atomic E-state index is 13.1. The quantitative estimate of drug-likeness (QED) is 0.532. The lowest BCUT2D eigenvalue weighted by Gasteiger charge is -2.30. The topological polar surface area (TPSA) is 114 Å². The zero-order chi connectivity index (χ0) is 21.9. The van der Waals surface area contributed by atoms with Crippen LogP contribution in [0.4, 0.5) is 5.69 Å². The molecule has 1 amide bonds. The van der Waals surface area contributed by atoms with Crippen molar-refractivity contribution in [1.29, 1.82) is 0 Å². The van der Waals surface area contributed by atoms with Gasteiger partial charge in [-0.25, -0.2) is 8.42 Å². The predicted octanol–water partition coefficient (Wildman–Crippen LogP) is 4.22. The number of benzene rings is 1. The van der Waals surface area contributed by atoms with Crippen molar-refractivity contribution in [3.63, 3.8) is 0 Å². The van der Waals surface area contributed by atoms with Crippen LogP contribution in [0.15, 0.2) is 50.5 Å². The lowest BCUT2D eigenvalue weighted by Crippen LogP contribution is -2.46. The Morgan fingerprint density at radius 2 is 1.81 bits per heavy atom. The smallest absolute Gasteiger partial charge is 0.271 e. The van der Waals surface area contributed by atoms with Crippen molar-refractivity contribution in [2.75, 3.05) is 4.72 Å². The first-order valence-electron chi connectivity index (χ1n) is 10.2. The summed E-state index contributed by atoms with van der Waals surface area (Å²) in [5.74, 6) is 0.729. The molecule has 2 heterocycles. The van der Waals surface area contributed by atoms with Gasteiger partial charge in [0.1, 0.15) is 9.75 Å². The van der Waals surface area contributed by atoms with Gasteiger partial charge in [0.2, 0.25) is 5.89 Å². The Morgan fingerprint density at radius 3 is 2.39 bits per heavy atom. The molecule has 1 fully saturated rings. The second-order valence-corrected chi connectivity index (χ2v) is 10.6. The van der Waals surface area contributed by atoms with Crippen LogP contribution < -0.4 is 10.0 Å². The molecule has 2 aromatic heterocycles. The fourth-order valence-electron chi connectivity index (χ4n) is 3.83. The van der Waals surface area contributed by atoms with Crippen molar-refractivity contribution >= 4 is 33.0 Å². The third-order valence-corrected chi connectivity index (χ3v) is 8.20. The SMILES string of the molecule is Cc1nc(C2(NC(=O)c3ccc(NS(=O)(=O)c4cccs4)cc3)CCCCCC2)no1. The molecule has 1 aliphatic rings. The molecular formula is C21H24N4O4S2. The summed E-state index contributed by atoms with van der Waals surface area (Å²) in [6.07, 6.45) is 5.64. The van der Waals surface area contributed by atoms with E-state index in [0.717, 1.165) is 49.9 Å². The van der Waals surface area contributed by atoms with Gasteiger partial charge in [-0.2, -0.15) is 4.98 Å². The van der Waals surface area contributed by atoms with Crippen LogP contribution in [0, 0.1) is 6.92 Å². The fraction of sp³-hybridized carbons (Fsp3) is 0.381. The number of nitrogens with zero attached hydrogens (tertiary/aromatic N) is 2. The molecule has 8 nitrogen and oxygen atoms in total. The Balaban J connectivity index is 1.52. The van der Waals surface area contributed by atoms with E-state index in [2.05, 4.69) is 20.2 Å². The van der Waals surface area contributed by atoms with E-state index >= 15 is 0 Å². The fourth-order valence-corrected chi connectivity index (χ4v) is 5.88. The summed E-state index contributed by atoms with van der Waals surface area (Å²) in [4.78, 5) is 17.5. The number of hydrogen-bond donors (Lipinski definition) is 2. The van der Waals surface area contributed by atoms with Crippen LogP contribution in [0.5, 0.6) is 0 Å². The molecule has 1 aromatic carbocycles. The molecule has 0 aliphatic heterocycles. The van der Waals surface area contributed by atoms with Crippen molar-refractivity contribution in [2.45, 2.75) is 55.2 Å². The average molecular weight is 461 g/mol. The van der Waals surface area contributed by atoms with Crippen LogP contribution in [-0.4, -0.2) is 24.5 Å². The van der Waals surface area contributed by atoms with Crippen LogP contribution in [0.3, 0.4) is 0 Å². The number of nitrogens with one attached hydrogen (secondary N) is 2. The number of amides is 1. The molecule has 0 spiro atoms. The third kappa shape index (κ3) is 4.80. The van der Waals surface area contributed by atoms with Crippen molar-refractivity contribution in [2.24, 2.45) is 0 Å². The van der Waals surface area contributed by atoms with Crippen LogP contribution in [0.2, 0.25) is 0 Å². The first-order valence-corrected chi connectivity index (χ1v) is 12.5. The first-order chi connectivity index (χ1) is 14.9. The summed E-state index contributed by atoms with van der Waals surface area (Å²) >= 11 is 1.14. The molecule has 3 aromatic rings. The number of carbonyl (C=O) groups is 1. The number of aryl methyl sites for hydroxylation is 1. The van der Waals surface area contributed by atoms with E-state index in [-0.39, 0.29) is 10.1 Å². The maximum absolute atomic E-state index is 13.1. The molecule has 31 heavy (non-hydrogen) atoms. The number of rotatable bonds is 6. The van der Waals surface area contributed by atoms with Gasteiger partial charge in [-0.15, -0.1) is 11.3 Å². The monoisotopic (exact) mass is 460 g/mol. The second kappa shape index (κ2) is 8.80. The summed E-state index contributed by atoms with van der Waals surface area (Å²) in [5, 5.41) is 8.95. The van der Waals surface area contributed by atoms with E-state index in [9.17, 15) is 13.2 Å². The van der Waals surface area contributed by atoms with Crippen LogP contribution in [-0.2, 0) is 15.6 Å².